The Kier molecular flexibility index (Phi) is 9.52. The summed E-state index contributed by atoms with van der Waals surface area (Å²) in [6.45, 7) is 1.32. The molecule has 38 heavy (non-hydrogen) atoms. The molecule has 2 aliphatic rings. The van der Waals surface area contributed by atoms with Gasteiger partial charge in [-0.25, -0.2) is 13.2 Å². The third kappa shape index (κ3) is 6.92. The molecule has 2 fully saturated rings. The molecule has 0 bridgehead atoms. The number of hydrogen-bond donors (Lipinski definition) is 0. The van der Waals surface area contributed by atoms with Gasteiger partial charge in [0.1, 0.15) is 0 Å². The van der Waals surface area contributed by atoms with Crippen molar-refractivity contribution in [3.8, 4) is 0 Å². The van der Waals surface area contributed by atoms with Gasteiger partial charge in [-0.15, -0.1) is 0 Å². The summed E-state index contributed by atoms with van der Waals surface area (Å²) in [5.74, 6) is -5.47. The summed E-state index contributed by atoms with van der Waals surface area (Å²) in [6, 6.07) is 0. The average Bonchev–Trinajstić information content (AvgIpc) is 2.80. The molecule has 0 saturated carbocycles. The van der Waals surface area contributed by atoms with Crippen LogP contribution in [0.2, 0.25) is 0 Å². The maximum Gasteiger partial charge on any atom is 0.430 e. The molecule has 0 amide bonds. The van der Waals surface area contributed by atoms with E-state index in [1.165, 1.54) is 0 Å². The summed E-state index contributed by atoms with van der Waals surface area (Å²) in [7, 11) is 0. The highest BCUT2D eigenvalue weighted by atomic mass is 19.4. The van der Waals surface area contributed by atoms with Crippen LogP contribution in [0.3, 0.4) is 0 Å². The first-order valence-corrected chi connectivity index (χ1v) is 11.1. The van der Waals surface area contributed by atoms with E-state index in [0.717, 1.165) is 0 Å². The van der Waals surface area contributed by atoms with Gasteiger partial charge in [-0.3, -0.25) is 9.80 Å². The van der Waals surface area contributed by atoms with E-state index < -0.39 is 99.0 Å². The van der Waals surface area contributed by atoms with Crippen molar-refractivity contribution in [3.63, 3.8) is 0 Å². The minimum atomic E-state index is -5.63. The topological polar surface area (TPSA) is 15.7 Å². The molecule has 0 aromatic heterocycles. The first-order chi connectivity index (χ1) is 17.1. The zero-order chi connectivity index (χ0) is 29.5. The molecule has 0 aromatic carbocycles. The van der Waals surface area contributed by atoms with Crippen molar-refractivity contribution >= 4 is 0 Å². The fraction of sp³-hybridized carbons (Fsp3) is 0.810. The van der Waals surface area contributed by atoms with E-state index in [4.69, 9.17) is 0 Å². The van der Waals surface area contributed by atoms with Gasteiger partial charge in [0.15, 0.2) is 12.2 Å². The first-order valence-electron chi connectivity index (χ1n) is 11.1. The molecule has 0 radical (unpaired) electrons. The molecule has 5 unspecified atom stereocenters. The molecule has 222 valence electrons. The number of rotatable bonds is 8. The highest BCUT2D eigenvalue weighted by Gasteiger charge is 2.62. The SMILES string of the molecule is C=CC(F)(C(F)N1CCC(CC(=C)C(F)(F)C(F)N2CC(C(F)(F)F)OC(C(F)(F)F)C2)CC1)C(F)(F)F. The highest BCUT2D eigenvalue weighted by Crippen LogP contribution is 2.43. The number of halogens is 14. The Labute approximate surface area is 208 Å². The van der Waals surface area contributed by atoms with E-state index in [1.54, 1.807) is 0 Å². The number of piperidine rings is 1. The van der Waals surface area contributed by atoms with Crippen LogP contribution < -0.4 is 0 Å². The van der Waals surface area contributed by atoms with Crippen molar-refractivity contribution < 1.29 is 66.2 Å². The van der Waals surface area contributed by atoms with Crippen LogP contribution >= 0.6 is 0 Å². The molecule has 2 heterocycles. The molecule has 0 N–H and O–H groups in total. The molecular formula is C21H24F14N2O. The number of likely N-dealkylation sites (tertiary alicyclic amines) is 1. The van der Waals surface area contributed by atoms with Crippen LogP contribution in [0.4, 0.5) is 61.5 Å². The summed E-state index contributed by atoms with van der Waals surface area (Å²) >= 11 is 0. The zero-order valence-electron chi connectivity index (χ0n) is 19.4. The van der Waals surface area contributed by atoms with Gasteiger partial charge < -0.3 is 4.74 Å². The highest BCUT2D eigenvalue weighted by molar-refractivity contribution is 5.13. The molecular weight excluding hydrogens is 562 g/mol. The van der Waals surface area contributed by atoms with Crippen LogP contribution in [0.15, 0.2) is 24.8 Å². The van der Waals surface area contributed by atoms with E-state index in [0.29, 0.717) is 4.90 Å². The van der Waals surface area contributed by atoms with Gasteiger partial charge in [-0.2, -0.15) is 48.3 Å². The smallest absolute Gasteiger partial charge is 0.353 e. The third-order valence-electron chi connectivity index (χ3n) is 6.53. The van der Waals surface area contributed by atoms with Gasteiger partial charge in [0.05, 0.1) is 0 Å². The summed E-state index contributed by atoms with van der Waals surface area (Å²) in [5, 5.41) is 0. The first kappa shape index (κ1) is 32.6. The fourth-order valence-electron chi connectivity index (χ4n) is 4.21. The average molecular weight is 586 g/mol. The second-order valence-corrected chi connectivity index (χ2v) is 9.20. The maximum absolute atomic E-state index is 14.8. The van der Waals surface area contributed by atoms with Crippen molar-refractivity contribution in [1.29, 1.82) is 0 Å². The predicted molar refractivity (Wildman–Crippen MR) is 105 cm³/mol. The number of morpholine rings is 1. The second-order valence-electron chi connectivity index (χ2n) is 9.20. The Balaban J connectivity index is 2.06. The van der Waals surface area contributed by atoms with Crippen LogP contribution in [0, 0.1) is 5.92 Å². The van der Waals surface area contributed by atoms with Crippen LogP contribution in [0.1, 0.15) is 19.3 Å². The zero-order valence-corrected chi connectivity index (χ0v) is 19.4. The van der Waals surface area contributed by atoms with Crippen molar-refractivity contribution in [3.05, 3.63) is 24.8 Å². The summed E-state index contributed by atoms with van der Waals surface area (Å²) in [4.78, 5) is 0.140. The lowest BCUT2D eigenvalue weighted by molar-refractivity contribution is -0.317. The molecule has 0 spiro atoms. The van der Waals surface area contributed by atoms with Gasteiger partial charge in [-0.05, 0) is 36.8 Å². The number of hydrogen-bond acceptors (Lipinski definition) is 3. The quantitative estimate of drug-likeness (QED) is 0.183. The fourth-order valence-corrected chi connectivity index (χ4v) is 4.21. The van der Waals surface area contributed by atoms with Crippen molar-refractivity contribution in [2.75, 3.05) is 26.2 Å². The monoisotopic (exact) mass is 586 g/mol. The Morgan fingerprint density at radius 3 is 1.61 bits per heavy atom. The normalized spacial score (nSPS) is 27.0. The van der Waals surface area contributed by atoms with E-state index in [1.807, 2.05) is 0 Å². The van der Waals surface area contributed by atoms with Gasteiger partial charge in [0.25, 0.3) is 5.67 Å². The Morgan fingerprint density at radius 2 is 1.24 bits per heavy atom. The minimum absolute atomic E-state index is 0.244. The van der Waals surface area contributed by atoms with Gasteiger partial charge in [0.2, 0.25) is 12.6 Å². The van der Waals surface area contributed by atoms with Crippen molar-refractivity contribution in [2.45, 2.75) is 74.2 Å². The van der Waals surface area contributed by atoms with Crippen molar-refractivity contribution in [1.82, 2.24) is 9.80 Å². The lowest BCUT2D eigenvalue weighted by Gasteiger charge is -2.42. The van der Waals surface area contributed by atoms with Gasteiger partial charge in [0, 0.05) is 26.2 Å². The van der Waals surface area contributed by atoms with E-state index >= 15 is 0 Å². The van der Waals surface area contributed by atoms with Gasteiger partial charge >= 0.3 is 24.5 Å². The third-order valence-corrected chi connectivity index (χ3v) is 6.53. The van der Waals surface area contributed by atoms with E-state index in [9.17, 15) is 61.5 Å². The summed E-state index contributed by atoms with van der Waals surface area (Å²) in [6.07, 6.45) is -31.2. The molecule has 17 heteroatoms. The Bertz CT molecular complexity index is 811. The standard InChI is InChI=1S/C21H24F14N2O/c1-3-17(24,21(33,34)35)15(22)36-6-4-12(5-7-36)8-11(2)18(25,26)16(23)37-9-13(19(27,28)29)38-14(10-37)20(30,31)32/h3,12-16H,1-2,4-10H2. The number of alkyl halides is 14. The van der Waals surface area contributed by atoms with Crippen LogP contribution in [0.25, 0.3) is 0 Å². The maximum atomic E-state index is 14.8. The lowest BCUT2D eigenvalue weighted by atomic mass is 9.87. The lowest BCUT2D eigenvalue weighted by Crippen LogP contribution is -2.61. The summed E-state index contributed by atoms with van der Waals surface area (Å²) in [5.41, 5.74) is -5.60. The molecule has 5 atom stereocenters. The van der Waals surface area contributed by atoms with Crippen LogP contribution in [-0.2, 0) is 4.74 Å². The second kappa shape index (κ2) is 11.1. The summed E-state index contributed by atoms with van der Waals surface area (Å²) < 4.78 is 193. The number of ether oxygens (including phenoxy) is 1. The molecule has 2 rings (SSSR count). The van der Waals surface area contributed by atoms with Crippen LogP contribution in [-0.4, -0.2) is 90.9 Å². The Morgan fingerprint density at radius 1 is 0.789 bits per heavy atom. The Hall–Kier alpha value is -1.62. The van der Waals surface area contributed by atoms with Crippen molar-refractivity contribution in [2.24, 2.45) is 5.92 Å². The van der Waals surface area contributed by atoms with E-state index in [2.05, 4.69) is 17.9 Å². The molecule has 2 saturated heterocycles. The number of nitrogens with zero attached hydrogens (tertiary/aromatic N) is 2. The predicted octanol–water partition coefficient (Wildman–Crippen LogP) is 6.52. The molecule has 2 aliphatic heterocycles. The molecule has 0 aliphatic carbocycles. The van der Waals surface area contributed by atoms with E-state index in [-0.39, 0.29) is 23.8 Å². The largest absolute Gasteiger partial charge is 0.430 e. The molecule has 0 aromatic rings. The molecule has 3 nitrogen and oxygen atoms in total. The van der Waals surface area contributed by atoms with Crippen LogP contribution in [0.5, 0.6) is 0 Å². The van der Waals surface area contributed by atoms with Gasteiger partial charge in [-0.1, -0.05) is 13.2 Å². The minimum Gasteiger partial charge on any atom is -0.353 e.